The van der Waals surface area contributed by atoms with E-state index in [4.69, 9.17) is 14.6 Å². The van der Waals surface area contributed by atoms with E-state index in [2.05, 4.69) is 17.4 Å². The van der Waals surface area contributed by atoms with Crippen LogP contribution in [0.1, 0.15) is 66.6 Å². The molecule has 0 saturated carbocycles. The van der Waals surface area contributed by atoms with Gasteiger partial charge < -0.3 is 19.9 Å². The lowest BCUT2D eigenvalue weighted by Gasteiger charge is -2.25. The molecule has 234 valence electrons. The summed E-state index contributed by atoms with van der Waals surface area (Å²) in [7, 11) is 0. The number of carboxylic acids is 1. The smallest absolute Gasteiger partial charge is 0.407 e. The lowest BCUT2D eigenvalue weighted by molar-refractivity contribution is -0.153. The second-order valence-electron chi connectivity index (χ2n) is 11.6. The summed E-state index contributed by atoms with van der Waals surface area (Å²) < 4.78 is 11.6. The number of hydrogen-bond donors (Lipinski definition) is 2. The molecule has 3 aromatic carbocycles. The zero-order valence-corrected chi connectivity index (χ0v) is 25.7. The Labute approximate surface area is 263 Å². The van der Waals surface area contributed by atoms with Gasteiger partial charge in [0.2, 0.25) is 0 Å². The summed E-state index contributed by atoms with van der Waals surface area (Å²) in [5, 5.41) is 11.8. The largest absolute Gasteiger partial charge is 0.478 e. The van der Waals surface area contributed by atoms with Crippen LogP contribution >= 0.6 is 0 Å². The quantitative estimate of drug-likeness (QED) is 0.114. The Bertz CT molecular complexity index is 1510. The molecule has 1 aliphatic carbocycles. The van der Waals surface area contributed by atoms with Gasteiger partial charge in [-0.1, -0.05) is 112 Å². The van der Waals surface area contributed by atoms with Crippen molar-refractivity contribution in [3.63, 3.8) is 0 Å². The van der Waals surface area contributed by atoms with E-state index in [-0.39, 0.29) is 30.8 Å². The molecule has 45 heavy (non-hydrogen) atoms. The number of ether oxygens (including phenoxy) is 2. The molecule has 3 aromatic rings. The second-order valence-corrected chi connectivity index (χ2v) is 11.6. The number of aldehydes is 1. The van der Waals surface area contributed by atoms with E-state index in [9.17, 15) is 19.2 Å². The number of carboxylic acid groups (broad SMARTS) is 1. The van der Waals surface area contributed by atoms with Gasteiger partial charge in [-0.15, -0.1) is 0 Å². The third kappa shape index (κ3) is 9.01. The summed E-state index contributed by atoms with van der Waals surface area (Å²) >= 11 is 0. The first-order valence-electron chi connectivity index (χ1n) is 15.1. The fourth-order valence-corrected chi connectivity index (χ4v) is 5.44. The molecule has 0 fully saturated rings. The highest BCUT2D eigenvalue weighted by atomic mass is 16.6. The maximum Gasteiger partial charge on any atom is 0.407 e. The molecular weight excluding hydrogens is 570 g/mol. The number of alkyl carbamates (subject to hydrolysis) is 1. The topological polar surface area (TPSA) is 119 Å². The van der Waals surface area contributed by atoms with Crippen LogP contribution in [-0.4, -0.2) is 48.2 Å². The minimum atomic E-state index is -1.10. The van der Waals surface area contributed by atoms with Gasteiger partial charge in [0.1, 0.15) is 25.0 Å². The van der Waals surface area contributed by atoms with Gasteiger partial charge in [-0.2, -0.15) is 0 Å². The highest BCUT2D eigenvalue weighted by Crippen LogP contribution is 2.44. The van der Waals surface area contributed by atoms with Gasteiger partial charge in [0.15, 0.2) is 0 Å². The Morgan fingerprint density at radius 2 is 1.49 bits per heavy atom. The van der Waals surface area contributed by atoms with Crippen LogP contribution in [0, 0.1) is 11.8 Å². The molecule has 0 spiro atoms. The molecule has 2 unspecified atom stereocenters. The molecule has 4 rings (SSSR count). The van der Waals surface area contributed by atoms with E-state index < -0.39 is 30.2 Å². The minimum Gasteiger partial charge on any atom is -0.478 e. The van der Waals surface area contributed by atoms with Crippen molar-refractivity contribution in [2.24, 2.45) is 11.8 Å². The van der Waals surface area contributed by atoms with Crippen LogP contribution in [0.5, 0.6) is 0 Å². The summed E-state index contributed by atoms with van der Waals surface area (Å²) in [6, 6.07) is 22.2. The first kappa shape index (κ1) is 32.9. The second kappa shape index (κ2) is 15.7. The van der Waals surface area contributed by atoms with Crippen molar-refractivity contribution in [1.29, 1.82) is 0 Å². The fourth-order valence-electron chi connectivity index (χ4n) is 5.44. The molecule has 0 heterocycles. The standard InChI is InChI=1S/C37H39NO7/c1-24(2)21-33(38-37(43)44-23-32-30-11-6-4-9-28(30)29-10-5-7-12-31(29)32)36(42)45-34(13-8-14-35(40)41)25(3)15-16-26-17-19-27(22-39)20-18-26/h4-12,14-20,22,24-25,32-34H,13,21,23H2,1-3H3,(H,38,43)(H,40,41)/t25?,33-,34?/m0/s1. The normalized spacial score (nSPS) is 14.5. The zero-order valence-electron chi connectivity index (χ0n) is 25.7. The number of aliphatic carboxylic acids is 1. The van der Waals surface area contributed by atoms with Crippen LogP contribution in [0.3, 0.4) is 0 Å². The van der Waals surface area contributed by atoms with Crippen molar-refractivity contribution in [3.8, 4) is 11.1 Å². The molecule has 8 heteroatoms. The number of carbonyl (C=O) groups is 4. The van der Waals surface area contributed by atoms with E-state index in [1.165, 1.54) is 6.08 Å². The summed E-state index contributed by atoms with van der Waals surface area (Å²) in [5.41, 5.74) is 5.83. The zero-order chi connectivity index (χ0) is 32.3. The van der Waals surface area contributed by atoms with Crippen LogP contribution in [0.15, 0.2) is 91.0 Å². The first-order chi connectivity index (χ1) is 21.7. The summed E-state index contributed by atoms with van der Waals surface area (Å²) in [5.74, 6) is -2.08. The van der Waals surface area contributed by atoms with E-state index >= 15 is 0 Å². The van der Waals surface area contributed by atoms with Crippen molar-refractivity contribution >= 4 is 30.4 Å². The first-order valence-corrected chi connectivity index (χ1v) is 15.1. The van der Waals surface area contributed by atoms with Gasteiger partial charge in [0.25, 0.3) is 0 Å². The number of nitrogens with one attached hydrogen (secondary N) is 1. The van der Waals surface area contributed by atoms with E-state index in [0.29, 0.717) is 12.0 Å². The Morgan fingerprint density at radius 3 is 2.07 bits per heavy atom. The number of amides is 1. The third-order valence-corrected chi connectivity index (χ3v) is 7.77. The molecule has 8 nitrogen and oxygen atoms in total. The number of carbonyl (C=O) groups excluding carboxylic acids is 3. The minimum absolute atomic E-state index is 0.0634. The molecule has 0 radical (unpaired) electrons. The number of rotatable bonds is 14. The molecule has 0 aromatic heterocycles. The maximum atomic E-state index is 13.5. The Hall–Kier alpha value is -4.98. The Balaban J connectivity index is 1.43. The highest BCUT2D eigenvalue weighted by Gasteiger charge is 2.31. The molecular formula is C37H39NO7. The van der Waals surface area contributed by atoms with Crippen molar-refractivity contribution in [1.82, 2.24) is 5.32 Å². The average molecular weight is 610 g/mol. The van der Waals surface area contributed by atoms with Crippen LogP contribution in [-0.2, 0) is 19.1 Å². The lowest BCUT2D eigenvalue weighted by atomic mass is 9.98. The van der Waals surface area contributed by atoms with Crippen LogP contribution in [0.4, 0.5) is 4.79 Å². The van der Waals surface area contributed by atoms with Crippen LogP contribution in [0.25, 0.3) is 17.2 Å². The van der Waals surface area contributed by atoms with Gasteiger partial charge in [0, 0.05) is 29.9 Å². The van der Waals surface area contributed by atoms with Gasteiger partial charge in [-0.3, -0.25) is 4.79 Å². The van der Waals surface area contributed by atoms with Crippen LogP contribution < -0.4 is 5.32 Å². The Morgan fingerprint density at radius 1 is 0.889 bits per heavy atom. The highest BCUT2D eigenvalue weighted by molar-refractivity contribution is 5.82. The number of hydrogen-bond acceptors (Lipinski definition) is 6. The molecule has 2 N–H and O–H groups in total. The van der Waals surface area contributed by atoms with Gasteiger partial charge in [0.05, 0.1) is 0 Å². The van der Waals surface area contributed by atoms with E-state index in [0.717, 1.165) is 40.2 Å². The number of fused-ring (bicyclic) bond motifs is 3. The number of esters is 1. The molecule has 3 atom stereocenters. The van der Waals surface area contributed by atoms with Gasteiger partial charge >= 0.3 is 18.0 Å². The predicted octanol–water partition coefficient (Wildman–Crippen LogP) is 7.04. The van der Waals surface area contributed by atoms with Crippen molar-refractivity contribution in [2.75, 3.05) is 6.61 Å². The van der Waals surface area contributed by atoms with Crippen LogP contribution in [0.2, 0.25) is 0 Å². The Kier molecular flexibility index (Phi) is 11.5. The van der Waals surface area contributed by atoms with Crippen molar-refractivity contribution in [3.05, 3.63) is 113 Å². The van der Waals surface area contributed by atoms with Crippen molar-refractivity contribution < 1.29 is 33.8 Å². The predicted molar refractivity (Wildman–Crippen MR) is 173 cm³/mol. The van der Waals surface area contributed by atoms with Gasteiger partial charge in [-0.05, 0) is 40.2 Å². The van der Waals surface area contributed by atoms with Crippen molar-refractivity contribution in [2.45, 2.75) is 51.7 Å². The fraction of sp³-hybridized carbons (Fsp3) is 0.297. The average Bonchev–Trinajstić information content (AvgIpc) is 3.35. The summed E-state index contributed by atoms with van der Waals surface area (Å²) in [6.07, 6.45) is 6.01. The lowest BCUT2D eigenvalue weighted by Crippen LogP contribution is -2.44. The summed E-state index contributed by atoms with van der Waals surface area (Å²) in [6.45, 7) is 5.85. The van der Waals surface area contributed by atoms with E-state index in [1.54, 1.807) is 24.3 Å². The SMILES string of the molecule is CC(C)C[C@H](NC(=O)OCC1c2ccccc2-c2ccccc21)C(=O)OC(CC=CC(=O)O)C(C)C=Cc1ccc(C=O)cc1. The molecule has 0 aliphatic heterocycles. The molecule has 0 bridgehead atoms. The molecule has 1 amide bonds. The molecule has 1 aliphatic rings. The monoisotopic (exact) mass is 609 g/mol. The molecule has 0 saturated heterocycles. The third-order valence-electron chi connectivity index (χ3n) is 7.77. The van der Waals surface area contributed by atoms with E-state index in [1.807, 2.05) is 69.3 Å². The van der Waals surface area contributed by atoms with Gasteiger partial charge in [-0.25, -0.2) is 14.4 Å². The number of benzene rings is 3. The maximum absolute atomic E-state index is 13.5. The summed E-state index contributed by atoms with van der Waals surface area (Å²) in [4.78, 5) is 48.5.